The molecule has 0 aliphatic rings. The molecule has 0 fully saturated rings. The highest BCUT2D eigenvalue weighted by Gasteiger charge is 2.20. The van der Waals surface area contributed by atoms with E-state index in [-0.39, 0.29) is 11.6 Å². The molecule has 110 valence electrons. The fourth-order valence-corrected chi connectivity index (χ4v) is 2.99. The summed E-state index contributed by atoms with van der Waals surface area (Å²) in [6.45, 7) is 5.23. The van der Waals surface area contributed by atoms with Crippen molar-refractivity contribution in [2.75, 3.05) is 12.9 Å². The molecule has 0 aliphatic carbocycles. The lowest BCUT2D eigenvalue weighted by Gasteiger charge is -2.10. The molecule has 0 unspecified atom stereocenters. The Balaban J connectivity index is 2.38. The predicted molar refractivity (Wildman–Crippen MR) is 87.1 cm³/mol. The summed E-state index contributed by atoms with van der Waals surface area (Å²) in [6, 6.07) is 3.88. The lowest BCUT2D eigenvalue weighted by Crippen LogP contribution is -2.12. The van der Waals surface area contributed by atoms with Gasteiger partial charge in [0.25, 0.3) is 0 Å². The molecule has 2 aromatic heterocycles. The van der Waals surface area contributed by atoms with E-state index in [2.05, 4.69) is 16.5 Å². The highest BCUT2D eigenvalue weighted by Crippen LogP contribution is 2.27. The number of halogens is 1. The second kappa shape index (κ2) is 7.06. The van der Waals surface area contributed by atoms with Gasteiger partial charge in [0.15, 0.2) is 5.82 Å². The number of esters is 1. The Bertz CT molecular complexity index is 672. The van der Waals surface area contributed by atoms with Crippen LogP contribution >= 0.6 is 34.7 Å². The van der Waals surface area contributed by atoms with Crippen molar-refractivity contribution in [1.82, 2.24) is 9.97 Å². The zero-order chi connectivity index (χ0) is 15.4. The Morgan fingerprint density at radius 3 is 2.86 bits per heavy atom. The van der Waals surface area contributed by atoms with Crippen LogP contribution in [-0.2, 0) is 4.74 Å². The van der Waals surface area contributed by atoms with Gasteiger partial charge in [-0.25, -0.2) is 14.8 Å². The van der Waals surface area contributed by atoms with Crippen LogP contribution in [-0.4, -0.2) is 28.8 Å². The van der Waals surface area contributed by atoms with Crippen LogP contribution < -0.4 is 0 Å². The molecule has 0 radical (unpaired) electrons. The highest BCUT2D eigenvalue weighted by molar-refractivity contribution is 7.98. The van der Waals surface area contributed by atoms with Crippen LogP contribution in [0.2, 0.25) is 0 Å². The second-order valence-electron chi connectivity index (χ2n) is 4.09. The SMILES string of the molecule is C=C(Cl)COC(=O)c1c(C)nc(-c2cccs2)nc1SC. The average molecular weight is 341 g/mol. The maximum atomic E-state index is 12.1. The van der Waals surface area contributed by atoms with Gasteiger partial charge in [-0.1, -0.05) is 24.2 Å². The Morgan fingerprint density at radius 2 is 2.29 bits per heavy atom. The molecular weight excluding hydrogens is 328 g/mol. The van der Waals surface area contributed by atoms with Gasteiger partial charge >= 0.3 is 5.97 Å². The van der Waals surface area contributed by atoms with Gasteiger partial charge in [-0.05, 0) is 24.6 Å². The molecule has 0 aromatic carbocycles. The number of thiophene rings is 1. The van der Waals surface area contributed by atoms with Gasteiger partial charge in [0, 0.05) is 5.03 Å². The van der Waals surface area contributed by atoms with Crippen molar-refractivity contribution >= 4 is 40.7 Å². The van der Waals surface area contributed by atoms with E-state index in [9.17, 15) is 4.79 Å². The topological polar surface area (TPSA) is 52.1 Å². The van der Waals surface area contributed by atoms with Gasteiger partial charge in [-0.3, -0.25) is 0 Å². The van der Waals surface area contributed by atoms with Crippen molar-refractivity contribution in [3.05, 3.63) is 40.4 Å². The van der Waals surface area contributed by atoms with E-state index in [1.807, 2.05) is 23.8 Å². The van der Waals surface area contributed by atoms with Crippen molar-refractivity contribution in [1.29, 1.82) is 0 Å². The summed E-state index contributed by atoms with van der Waals surface area (Å²) >= 11 is 8.54. The maximum Gasteiger partial charge on any atom is 0.343 e. The fraction of sp³-hybridized carbons (Fsp3) is 0.214. The number of hydrogen-bond donors (Lipinski definition) is 0. The maximum absolute atomic E-state index is 12.1. The van der Waals surface area contributed by atoms with E-state index >= 15 is 0 Å². The molecule has 0 atom stereocenters. The zero-order valence-electron chi connectivity index (χ0n) is 11.6. The summed E-state index contributed by atoms with van der Waals surface area (Å²) in [5, 5.41) is 2.82. The van der Waals surface area contributed by atoms with Crippen molar-refractivity contribution in [3.63, 3.8) is 0 Å². The average Bonchev–Trinajstić information content (AvgIpc) is 2.97. The summed E-state index contributed by atoms with van der Waals surface area (Å²) in [4.78, 5) is 21.9. The number of aryl methyl sites for hydroxylation is 1. The first-order valence-corrected chi connectivity index (χ1v) is 8.48. The first kappa shape index (κ1) is 16.0. The third-order valence-electron chi connectivity index (χ3n) is 2.56. The third kappa shape index (κ3) is 3.84. The molecule has 0 bridgehead atoms. The smallest absolute Gasteiger partial charge is 0.343 e. The van der Waals surface area contributed by atoms with E-state index in [4.69, 9.17) is 16.3 Å². The molecule has 0 spiro atoms. The highest BCUT2D eigenvalue weighted by atomic mass is 35.5. The molecular formula is C14H13ClN2O2S2. The van der Waals surface area contributed by atoms with Crippen LogP contribution in [0.3, 0.4) is 0 Å². The summed E-state index contributed by atoms with van der Waals surface area (Å²) in [5.41, 5.74) is 0.962. The Morgan fingerprint density at radius 1 is 1.52 bits per heavy atom. The summed E-state index contributed by atoms with van der Waals surface area (Å²) in [6.07, 6.45) is 1.86. The van der Waals surface area contributed by atoms with Gasteiger partial charge in [-0.2, -0.15) is 0 Å². The van der Waals surface area contributed by atoms with Gasteiger partial charge < -0.3 is 4.74 Å². The number of thioether (sulfide) groups is 1. The first-order chi connectivity index (χ1) is 10.0. The zero-order valence-corrected chi connectivity index (χ0v) is 13.9. The summed E-state index contributed by atoms with van der Waals surface area (Å²) in [7, 11) is 0. The summed E-state index contributed by atoms with van der Waals surface area (Å²) < 4.78 is 5.08. The molecule has 2 rings (SSSR count). The lowest BCUT2D eigenvalue weighted by molar-refractivity contribution is 0.0539. The second-order valence-corrected chi connectivity index (χ2v) is 6.36. The Labute approximate surface area is 136 Å². The van der Waals surface area contributed by atoms with Gasteiger partial charge in [0.2, 0.25) is 0 Å². The minimum absolute atomic E-state index is 0.0275. The predicted octanol–water partition coefficient (Wildman–Crippen LogP) is 4.14. The van der Waals surface area contributed by atoms with Crippen LogP contribution in [0.5, 0.6) is 0 Å². The van der Waals surface area contributed by atoms with E-state index in [1.165, 1.54) is 11.8 Å². The number of nitrogens with zero attached hydrogens (tertiary/aromatic N) is 2. The molecule has 4 nitrogen and oxygen atoms in total. The van der Waals surface area contributed by atoms with E-state index in [0.717, 1.165) is 4.88 Å². The first-order valence-electron chi connectivity index (χ1n) is 5.99. The van der Waals surface area contributed by atoms with Crippen LogP contribution in [0.4, 0.5) is 0 Å². The molecule has 2 aromatic rings. The van der Waals surface area contributed by atoms with Crippen LogP contribution in [0.25, 0.3) is 10.7 Å². The quantitative estimate of drug-likeness (QED) is 0.465. The normalized spacial score (nSPS) is 10.4. The van der Waals surface area contributed by atoms with Crippen LogP contribution in [0.15, 0.2) is 34.1 Å². The standard InChI is InChI=1S/C14H13ClN2O2S2/c1-8(15)7-19-14(18)11-9(2)16-12(17-13(11)20-3)10-5-4-6-21-10/h4-6H,1,7H2,2-3H3. The van der Waals surface area contributed by atoms with Gasteiger partial charge in [0.05, 0.1) is 10.6 Å². The van der Waals surface area contributed by atoms with Crippen LogP contribution in [0, 0.1) is 6.92 Å². The Hall–Kier alpha value is -1.37. The molecule has 0 saturated carbocycles. The van der Waals surface area contributed by atoms with Crippen molar-refractivity contribution < 1.29 is 9.53 Å². The van der Waals surface area contributed by atoms with Crippen molar-refractivity contribution in [2.45, 2.75) is 11.9 Å². The molecule has 0 N–H and O–H groups in total. The summed E-state index contributed by atoms with van der Waals surface area (Å²) in [5.74, 6) is 0.126. The molecule has 0 aliphatic heterocycles. The lowest BCUT2D eigenvalue weighted by atomic mass is 10.2. The largest absolute Gasteiger partial charge is 0.456 e. The number of rotatable bonds is 5. The van der Waals surface area contributed by atoms with Gasteiger partial charge in [0.1, 0.15) is 17.2 Å². The molecule has 2 heterocycles. The van der Waals surface area contributed by atoms with Crippen molar-refractivity contribution in [3.8, 4) is 10.7 Å². The monoisotopic (exact) mass is 340 g/mol. The van der Waals surface area contributed by atoms with E-state index < -0.39 is 5.97 Å². The minimum atomic E-state index is -0.489. The molecule has 0 saturated heterocycles. The fourth-order valence-electron chi connectivity index (χ4n) is 1.66. The minimum Gasteiger partial charge on any atom is -0.456 e. The Kier molecular flexibility index (Phi) is 5.39. The number of hydrogen-bond acceptors (Lipinski definition) is 6. The molecule has 7 heteroatoms. The number of carbonyl (C=O) groups excluding carboxylic acids is 1. The number of carbonyl (C=O) groups is 1. The van der Waals surface area contributed by atoms with Crippen molar-refractivity contribution in [2.24, 2.45) is 0 Å². The number of aromatic nitrogens is 2. The van der Waals surface area contributed by atoms with E-state index in [0.29, 0.717) is 22.1 Å². The molecule has 21 heavy (non-hydrogen) atoms. The molecule has 0 amide bonds. The van der Waals surface area contributed by atoms with Crippen LogP contribution in [0.1, 0.15) is 16.1 Å². The third-order valence-corrected chi connectivity index (χ3v) is 4.21. The van der Waals surface area contributed by atoms with E-state index in [1.54, 1.807) is 18.3 Å². The van der Waals surface area contributed by atoms with Gasteiger partial charge in [-0.15, -0.1) is 23.1 Å². The number of ether oxygens (including phenoxy) is 1.